The molecule has 2 unspecified atom stereocenters. The van der Waals surface area contributed by atoms with E-state index in [2.05, 4.69) is 10.6 Å². The zero-order valence-corrected chi connectivity index (χ0v) is 15.8. The Hall–Kier alpha value is -1.53. The van der Waals surface area contributed by atoms with E-state index in [0.29, 0.717) is 23.4 Å². The predicted molar refractivity (Wildman–Crippen MR) is 101 cm³/mol. The van der Waals surface area contributed by atoms with E-state index in [4.69, 9.17) is 0 Å². The van der Waals surface area contributed by atoms with Crippen molar-refractivity contribution in [3.8, 4) is 0 Å². The van der Waals surface area contributed by atoms with Gasteiger partial charge in [0.25, 0.3) is 5.91 Å². The summed E-state index contributed by atoms with van der Waals surface area (Å²) in [4.78, 5) is 27.8. The molecular weight excluding hydrogens is 334 g/mol. The van der Waals surface area contributed by atoms with Gasteiger partial charge >= 0.3 is 0 Å². The number of carbonyl (C=O) groups is 2. The molecule has 2 aliphatic rings. The molecule has 6 heteroatoms. The number of rotatable bonds is 5. The maximum atomic E-state index is 13.1. The second-order valence-electron chi connectivity index (χ2n) is 7.18. The van der Waals surface area contributed by atoms with Crippen LogP contribution < -0.4 is 10.6 Å². The summed E-state index contributed by atoms with van der Waals surface area (Å²) in [6.45, 7) is 5.48. The van der Waals surface area contributed by atoms with Gasteiger partial charge in [-0.25, -0.2) is 0 Å². The third-order valence-electron chi connectivity index (χ3n) is 4.74. The number of carbonyl (C=O) groups excluding carboxylic acids is 2. The summed E-state index contributed by atoms with van der Waals surface area (Å²) < 4.78 is 0. The lowest BCUT2D eigenvalue weighted by Crippen LogP contribution is -2.39. The van der Waals surface area contributed by atoms with Crippen molar-refractivity contribution in [2.45, 2.75) is 56.1 Å². The van der Waals surface area contributed by atoms with E-state index in [1.165, 1.54) is 18.2 Å². The molecule has 3 rings (SSSR count). The fraction of sp³-hybridized carbons (Fsp3) is 0.579. The molecule has 2 fully saturated rings. The lowest BCUT2D eigenvalue weighted by Gasteiger charge is -2.25. The zero-order valence-electron chi connectivity index (χ0n) is 15.0. The quantitative estimate of drug-likeness (QED) is 0.790. The molecule has 2 bridgehead atoms. The Morgan fingerprint density at radius 1 is 1.24 bits per heavy atom. The van der Waals surface area contributed by atoms with Crippen LogP contribution in [0, 0.1) is 0 Å². The average Bonchev–Trinajstić information content (AvgIpc) is 2.91. The van der Waals surface area contributed by atoms with Gasteiger partial charge in [0.15, 0.2) is 0 Å². The molecule has 5 nitrogen and oxygen atoms in total. The molecule has 1 aromatic rings. The lowest BCUT2D eigenvalue weighted by molar-refractivity contribution is -0.119. The molecule has 136 valence electrons. The summed E-state index contributed by atoms with van der Waals surface area (Å²) in [5, 5.41) is 6.50. The largest absolute Gasteiger partial charge is 0.353 e. The fourth-order valence-corrected chi connectivity index (χ4v) is 4.43. The second-order valence-corrected chi connectivity index (χ2v) is 8.20. The van der Waals surface area contributed by atoms with Gasteiger partial charge in [0, 0.05) is 36.1 Å². The minimum Gasteiger partial charge on any atom is -0.353 e. The predicted octanol–water partition coefficient (Wildman–Crippen LogP) is 2.27. The molecule has 2 N–H and O–H groups in total. The van der Waals surface area contributed by atoms with Crippen molar-refractivity contribution in [2.75, 3.05) is 18.8 Å². The monoisotopic (exact) mass is 361 g/mol. The van der Waals surface area contributed by atoms with Crippen molar-refractivity contribution in [3.05, 3.63) is 29.8 Å². The number of thioether (sulfide) groups is 1. The highest BCUT2D eigenvalue weighted by Crippen LogP contribution is 2.26. The van der Waals surface area contributed by atoms with Crippen molar-refractivity contribution in [1.29, 1.82) is 0 Å². The van der Waals surface area contributed by atoms with Gasteiger partial charge in [0.05, 0.1) is 11.3 Å². The first-order valence-corrected chi connectivity index (χ1v) is 10.1. The Morgan fingerprint density at radius 2 is 2.00 bits per heavy atom. The van der Waals surface area contributed by atoms with E-state index >= 15 is 0 Å². The number of fused-ring (bicyclic) bond motifs is 2. The Bertz CT molecular complexity index is 635. The van der Waals surface area contributed by atoms with Crippen LogP contribution in [0.4, 0.5) is 0 Å². The van der Waals surface area contributed by atoms with Gasteiger partial charge in [-0.3, -0.25) is 9.59 Å². The molecule has 2 aliphatic heterocycles. The second kappa shape index (κ2) is 8.23. The first kappa shape index (κ1) is 18.3. The molecular formula is C19H27N3O2S. The third-order valence-corrected chi connectivity index (χ3v) is 5.81. The van der Waals surface area contributed by atoms with Crippen LogP contribution >= 0.6 is 11.8 Å². The van der Waals surface area contributed by atoms with Gasteiger partial charge in [-0.2, -0.15) is 0 Å². The summed E-state index contributed by atoms with van der Waals surface area (Å²) >= 11 is 1.43. The van der Waals surface area contributed by atoms with E-state index in [-0.39, 0.29) is 17.9 Å². The van der Waals surface area contributed by atoms with Crippen molar-refractivity contribution in [3.63, 3.8) is 0 Å². The van der Waals surface area contributed by atoms with Crippen molar-refractivity contribution in [1.82, 2.24) is 15.5 Å². The zero-order chi connectivity index (χ0) is 17.8. The highest BCUT2D eigenvalue weighted by atomic mass is 32.2. The number of benzene rings is 1. The first-order chi connectivity index (χ1) is 12.0. The third kappa shape index (κ3) is 4.76. The Kier molecular flexibility index (Phi) is 6.02. The molecule has 0 saturated carbocycles. The van der Waals surface area contributed by atoms with Crippen LogP contribution in [0.15, 0.2) is 29.2 Å². The molecule has 2 amide bonds. The van der Waals surface area contributed by atoms with E-state index < -0.39 is 0 Å². The van der Waals surface area contributed by atoms with Crippen LogP contribution in [0.1, 0.15) is 43.5 Å². The normalized spacial score (nSPS) is 22.8. The van der Waals surface area contributed by atoms with E-state index in [1.807, 2.05) is 43.0 Å². The standard InChI is InChI=1S/C19H27N3O2S/c1-13(2)20-18(23)12-25-17-6-4-3-5-16(17)19(24)22-10-9-14-7-8-15(11-22)21-14/h3-6,13-15,21H,7-12H2,1-2H3,(H,20,23). The molecule has 2 heterocycles. The maximum Gasteiger partial charge on any atom is 0.255 e. The van der Waals surface area contributed by atoms with Crippen LogP contribution in [-0.2, 0) is 4.79 Å². The molecule has 0 aromatic heterocycles. The molecule has 0 radical (unpaired) electrons. The van der Waals surface area contributed by atoms with E-state index in [9.17, 15) is 9.59 Å². The fourth-order valence-electron chi connectivity index (χ4n) is 3.57. The Morgan fingerprint density at radius 3 is 2.80 bits per heavy atom. The van der Waals surface area contributed by atoms with Gasteiger partial charge in [-0.1, -0.05) is 12.1 Å². The van der Waals surface area contributed by atoms with Gasteiger partial charge in [-0.15, -0.1) is 11.8 Å². The molecule has 0 spiro atoms. The smallest absolute Gasteiger partial charge is 0.255 e. The van der Waals surface area contributed by atoms with Gasteiger partial charge < -0.3 is 15.5 Å². The summed E-state index contributed by atoms with van der Waals surface area (Å²) in [5.41, 5.74) is 0.711. The van der Waals surface area contributed by atoms with Crippen LogP contribution in [0.25, 0.3) is 0 Å². The number of amides is 2. The van der Waals surface area contributed by atoms with Crippen LogP contribution in [-0.4, -0.2) is 53.7 Å². The molecule has 1 aromatic carbocycles. The lowest BCUT2D eigenvalue weighted by atomic mass is 10.1. The van der Waals surface area contributed by atoms with E-state index in [0.717, 1.165) is 30.8 Å². The van der Waals surface area contributed by atoms with Crippen LogP contribution in [0.2, 0.25) is 0 Å². The summed E-state index contributed by atoms with van der Waals surface area (Å²) in [6, 6.07) is 8.74. The minimum absolute atomic E-state index is 0.00136. The van der Waals surface area contributed by atoms with Crippen LogP contribution in [0.5, 0.6) is 0 Å². The van der Waals surface area contributed by atoms with E-state index in [1.54, 1.807) is 0 Å². The first-order valence-electron chi connectivity index (χ1n) is 9.09. The van der Waals surface area contributed by atoms with Crippen molar-refractivity contribution < 1.29 is 9.59 Å². The van der Waals surface area contributed by atoms with Gasteiger partial charge in [0.1, 0.15) is 0 Å². The van der Waals surface area contributed by atoms with Gasteiger partial charge in [0.2, 0.25) is 5.91 Å². The number of hydrogen-bond donors (Lipinski definition) is 2. The average molecular weight is 362 g/mol. The number of nitrogens with one attached hydrogen (secondary N) is 2. The number of nitrogens with zero attached hydrogens (tertiary/aromatic N) is 1. The van der Waals surface area contributed by atoms with Crippen LogP contribution in [0.3, 0.4) is 0 Å². The van der Waals surface area contributed by atoms with Crippen molar-refractivity contribution in [2.24, 2.45) is 0 Å². The molecule has 0 aliphatic carbocycles. The minimum atomic E-state index is -0.00136. The maximum absolute atomic E-state index is 13.1. The highest BCUT2D eigenvalue weighted by Gasteiger charge is 2.32. The summed E-state index contributed by atoms with van der Waals surface area (Å²) in [6.07, 6.45) is 3.40. The topological polar surface area (TPSA) is 61.4 Å². The highest BCUT2D eigenvalue weighted by molar-refractivity contribution is 8.00. The molecule has 2 saturated heterocycles. The Labute approximate surface area is 153 Å². The summed E-state index contributed by atoms with van der Waals surface area (Å²) in [7, 11) is 0. The molecule has 25 heavy (non-hydrogen) atoms. The molecule has 2 atom stereocenters. The van der Waals surface area contributed by atoms with Crippen molar-refractivity contribution >= 4 is 23.6 Å². The summed E-state index contributed by atoms with van der Waals surface area (Å²) in [5.74, 6) is 0.412. The van der Waals surface area contributed by atoms with Gasteiger partial charge in [-0.05, 0) is 45.2 Å². The number of likely N-dealkylation sites (tertiary alicyclic amines) is 1. The number of hydrogen-bond acceptors (Lipinski definition) is 4. The SMILES string of the molecule is CC(C)NC(=O)CSc1ccccc1C(=O)N1CCC2CCC(C1)N2. The Balaban J connectivity index is 1.67.